The number of esters is 1. The van der Waals surface area contributed by atoms with E-state index in [0.29, 0.717) is 28.2 Å². The van der Waals surface area contributed by atoms with Gasteiger partial charge in [0.25, 0.3) is 0 Å². The second-order valence-electron chi connectivity index (χ2n) is 9.66. The first-order chi connectivity index (χ1) is 21.0. The molecule has 1 aromatic heterocycles. The molecule has 0 amide bonds. The van der Waals surface area contributed by atoms with Crippen molar-refractivity contribution in [2.45, 2.75) is 18.8 Å². The van der Waals surface area contributed by atoms with Gasteiger partial charge in [-0.3, -0.25) is 4.57 Å². The van der Waals surface area contributed by atoms with Crippen LogP contribution in [0.3, 0.4) is 0 Å². The van der Waals surface area contributed by atoms with Crippen LogP contribution in [0.2, 0.25) is 0 Å². The van der Waals surface area contributed by atoms with Gasteiger partial charge in [-0.2, -0.15) is 8.78 Å². The summed E-state index contributed by atoms with van der Waals surface area (Å²) in [6, 6.07) is 27.8. The Morgan fingerprint density at radius 1 is 0.864 bits per heavy atom. The van der Waals surface area contributed by atoms with Gasteiger partial charge in [0, 0.05) is 24.2 Å². The van der Waals surface area contributed by atoms with Gasteiger partial charge in [0.05, 0.1) is 12.7 Å². The number of methoxy groups -OCH3 is 1. The molecular weight excluding hydrogens is 595 g/mol. The lowest BCUT2D eigenvalue weighted by molar-refractivity contribution is 0.0564. The maximum Gasteiger partial charge on any atom is 0.399 e. The zero-order chi connectivity index (χ0) is 31.3. The Hall–Kier alpha value is -4.90. The van der Waals surface area contributed by atoms with Crippen LogP contribution in [0.4, 0.5) is 14.8 Å². The van der Waals surface area contributed by atoms with Gasteiger partial charge in [0.15, 0.2) is 0 Å². The average molecular weight is 622 g/mol. The Morgan fingerprint density at radius 3 is 2.09 bits per heavy atom. The molecule has 0 saturated heterocycles. The summed E-state index contributed by atoms with van der Waals surface area (Å²) in [5.41, 5.74) is -2.88. The van der Waals surface area contributed by atoms with Crippen LogP contribution in [-0.4, -0.2) is 33.1 Å². The first-order valence-electron chi connectivity index (χ1n) is 13.2. The van der Waals surface area contributed by atoms with Crippen LogP contribution >= 0.6 is 7.60 Å². The molecule has 0 atom stereocenters. The minimum absolute atomic E-state index is 0.110. The number of para-hydroxylation sites is 1. The summed E-state index contributed by atoms with van der Waals surface area (Å²) >= 11 is 0. The molecule has 0 fully saturated rings. The van der Waals surface area contributed by atoms with Gasteiger partial charge in [-0.1, -0.05) is 65.8 Å². The fourth-order valence-electron chi connectivity index (χ4n) is 4.25. The van der Waals surface area contributed by atoms with Crippen molar-refractivity contribution in [2.24, 2.45) is 0 Å². The minimum atomic E-state index is -5.71. The average Bonchev–Trinajstić information content (AvgIpc) is 3.52. The normalized spacial score (nSPS) is 11.7. The number of ether oxygens (including phenoxy) is 2. The number of aromatic nitrogens is 2. The molecular formula is C31H26F2N3O7P. The lowest BCUT2D eigenvalue weighted by Crippen LogP contribution is -2.23. The lowest BCUT2D eigenvalue weighted by Gasteiger charge is -2.22. The number of nitrogens with zero attached hydrogens (tertiary/aromatic N) is 3. The van der Waals surface area contributed by atoms with E-state index in [2.05, 4.69) is 10.2 Å². The van der Waals surface area contributed by atoms with E-state index in [1.54, 1.807) is 53.4 Å². The van der Waals surface area contributed by atoms with E-state index < -0.39 is 24.8 Å². The van der Waals surface area contributed by atoms with Crippen molar-refractivity contribution in [3.63, 3.8) is 0 Å². The van der Waals surface area contributed by atoms with Crippen molar-refractivity contribution in [3.8, 4) is 23.0 Å². The summed E-state index contributed by atoms with van der Waals surface area (Å²) < 4.78 is 56.4. The van der Waals surface area contributed by atoms with Crippen LogP contribution in [-0.2, 0) is 28.1 Å². The molecule has 5 aromatic rings. The zero-order valence-corrected chi connectivity index (χ0v) is 24.1. The van der Waals surface area contributed by atoms with Gasteiger partial charge >= 0.3 is 25.2 Å². The summed E-state index contributed by atoms with van der Waals surface area (Å²) in [5.74, 6) is 0.940. The SMILES string of the molecule is COC(=O)c1ccc(CN(Cc2ccc(C(F)(F)P(=O)(O)O)cc2)c2nnc(-c3cccc(Oc4ccccc4)c3)o2)cc1. The molecule has 0 spiro atoms. The Morgan fingerprint density at radius 2 is 1.48 bits per heavy atom. The first-order valence-corrected chi connectivity index (χ1v) is 14.8. The highest BCUT2D eigenvalue weighted by molar-refractivity contribution is 7.52. The summed E-state index contributed by atoms with van der Waals surface area (Å²) in [4.78, 5) is 31.7. The van der Waals surface area contributed by atoms with E-state index in [4.69, 9.17) is 23.7 Å². The van der Waals surface area contributed by atoms with Crippen LogP contribution in [0, 0.1) is 0 Å². The van der Waals surface area contributed by atoms with Crippen molar-refractivity contribution in [1.82, 2.24) is 10.2 Å². The summed E-state index contributed by atoms with van der Waals surface area (Å²) in [7, 11) is -4.42. The minimum Gasteiger partial charge on any atom is -0.465 e. The van der Waals surface area contributed by atoms with E-state index in [1.807, 2.05) is 30.3 Å². The third-order valence-corrected chi connectivity index (χ3v) is 7.52. The van der Waals surface area contributed by atoms with Crippen molar-refractivity contribution in [3.05, 3.63) is 125 Å². The fraction of sp³-hybridized carbons (Fsp3) is 0.129. The highest BCUT2D eigenvalue weighted by Crippen LogP contribution is 2.59. The van der Waals surface area contributed by atoms with Gasteiger partial charge in [-0.05, 0) is 53.6 Å². The number of alkyl halides is 2. The second-order valence-corrected chi connectivity index (χ2v) is 11.3. The number of carbonyl (C=O) groups is 1. The quantitative estimate of drug-likeness (QED) is 0.120. The molecule has 0 saturated carbocycles. The molecule has 10 nitrogen and oxygen atoms in total. The molecule has 0 bridgehead atoms. The highest BCUT2D eigenvalue weighted by Gasteiger charge is 2.50. The van der Waals surface area contributed by atoms with E-state index in [1.165, 1.54) is 19.2 Å². The monoisotopic (exact) mass is 621 g/mol. The third kappa shape index (κ3) is 7.00. The van der Waals surface area contributed by atoms with Gasteiger partial charge in [-0.25, -0.2) is 4.79 Å². The van der Waals surface area contributed by atoms with E-state index in [-0.39, 0.29) is 25.0 Å². The van der Waals surface area contributed by atoms with E-state index in [0.717, 1.165) is 17.7 Å². The van der Waals surface area contributed by atoms with Crippen LogP contribution in [0.15, 0.2) is 108 Å². The third-order valence-electron chi connectivity index (χ3n) is 6.53. The predicted octanol–water partition coefficient (Wildman–Crippen LogP) is 6.75. The molecule has 0 unspecified atom stereocenters. The molecule has 4 aromatic carbocycles. The Balaban J connectivity index is 1.42. The number of carbonyl (C=O) groups excluding carboxylic acids is 1. The number of hydrogen-bond donors (Lipinski definition) is 2. The Labute approximate surface area is 250 Å². The number of benzene rings is 4. The molecule has 0 aliphatic carbocycles. The van der Waals surface area contributed by atoms with Gasteiger partial charge in [0.2, 0.25) is 5.89 Å². The number of rotatable bonds is 11. The molecule has 0 radical (unpaired) electrons. The van der Waals surface area contributed by atoms with E-state index in [9.17, 15) is 18.1 Å². The molecule has 1 heterocycles. The van der Waals surface area contributed by atoms with Crippen molar-refractivity contribution in [1.29, 1.82) is 0 Å². The van der Waals surface area contributed by atoms with Crippen molar-refractivity contribution < 1.29 is 41.8 Å². The van der Waals surface area contributed by atoms with Crippen LogP contribution in [0.1, 0.15) is 27.0 Å². The molecule has 0 aliphatic rings. The highest BCUT2D eigenvalue weighted by atomic mass is 31.2. The fourth-order valence-corrected chi connectivity index (χ4v) is 4.74. The number of halogens is 2. The first kappa shape index (κ1) is 30.6. The van der Waals surface area contributed by atoms with Crippen molar-refractivity contribution in [2.75, 3.05) is 12.0 Å². The van der Waals surface area contributed by atoms with E-state index >= 15 is 0 Å². The topological polar surface area (TPSA) is 135 Å². The molecule has 5 rings (SSSR count). The molecule has 0 aliphatic heterocycles. The number of anilines is 1. The molecule has 13 heteroatoms. The maximum atomic E-state index is 14.2. The summed E-state index contributed by atoms with van der Waals surface area (Å²) in [5, 5.41) is 8.42. The Kier molecular flexibility index (Phi) is 8.86. The second kappa shape index (κ2) is 12.8. The van der Waals surface area contributed by atoms with Crippen LogP contribution in [0.5, 0.6) is 11.5 Å². The Bertz CT molecular complexity index is 1780. The summed E-state index contributed by atoms with van der Waals surface area (Å²) in [6.45, 7) is 0.333. The zero-order valence-electron chi connectivity index (χ0n) is 23.2. The van der Waals surface area contributed by atoms with Gasteiger partial charge in [-0.15, -0.1) is 5.10 Å². The van der Waals surface area contributed by atoms with Crippen LogP contribution in [0.25, 0.3) is 11.5 Å². The molecule has 2 N–H and O–H groups in total. The largest absolute Gasteiger partial charge is 0.465 e. The standard InChI is InChI=1S/C31H26F2N3O7P/c1-41-29(37)23-14-10-21(11-15-23)19-36(20-22-12-16-25(17-13-22)31(32,33)44(38,39)40)30-35-34-28(43-30)24-6-5-9-27(18-24)42-26-7-3-2-4-8-26/h2-18H,19-20H2,1H3,(H2,38,39,40). The summed E-state index contributed by atoms with van der Waals surface area (Å²) in [6.07, 6.45) is 0. The van der Waals surface area contributed by atoms with Crippen molar-refractivity contribution >= 4 is 19.6 Å². The lowest BCUT2D eigenvalue weighted by atomic mass is 10.1. The molecule has 226 valence electrons. The predicted molar refractivity (Wildman–Crippen MR) is 156 cm³/mol. The maximum absolute atomic E-state index is 14.2. The molecule has 44 heavy (non-hydrogen) atoms. The van der Waals surface area contributed by atoms with Crippen LogP contribution < -0.4 is 9.64 Å². The smallest absolute Gasteiger partial charge is 0.399 e. The number of hydrogen-bond acceptors (Lipinski definition) is 8. The van der Waals surface area contributed by atoms with Gasteiger partial charge in [0.1, 0.15) is 11.5 Å². The van der Waals surface area contributed by atoms with Gasteiger partial charge < -0.3 is 28.6 Å².